The molecular formula is C12H18N2O. The van der Waals surface area contributed by atoms with Crippen LogP contribution < -0.4 is 11.1 Å². The summed E-state index contributed by atoms with van der Waals surface area (Å²) in [5, 5.41) is 3.14. The van der Waals surface area contributed by atoms with Crippen molar-refractivity contribution in [3.05, 3.63) is 35.4 Å². The third-order valence-electron chi connectivity index (χ3n) is 2.71. The highest BCUT2D eigenvalue weighted by Crippen LogP contribution is 2.23. The fourth-order valence-corrected chi connectivity index (χ4v) is 1.80. The zero-order valence-corrected chi connectivity index (χ0v) is 9.50. The molecule has 1 aromatic carbocycles. The summed E-state index contributed by atoms with van der Waals surface area (Å²) >= 11 is 0. The predicted octanol–water partition coefficient (Wildman–Crippen LogP) is 1.31. The van der Waals surface area contributed by atoms with Crippen LogP contribution in [0.1, 0.15) is 25.0 Å². The zero-order chi connectivity index (χ0) is 11.5. The Bertz CT molecular complexity index is 362. The summed E-state index contributed by atoms with van der Waals surface area (Å²) in [5.74, 6) is -0.348. The van der Waals surface area contributed by atoms with E-state index < -0.39 is 5.54 Å². The average molecular weight is 206 g/mol. The standard InChI is InChI=1S/C12H18N2O/c1-4-14-12(3,11(13)15)10-8-6-5-7-9(10)2/h5-8,14H,4H2,1-3H3,(H2,13,15). The van der Waals surface area contributed by atoms with Crippen LogP contribution in [0.5, 0.6) is 0 Å². The molecule has 15 heavy (non-hydrogen) atoms. The van der Waals surface area contributed by atoms with E-state index in [2.05, 4.69) is 5.32 Å². The molecule has 0 radical (unpaired) electrons. The number of aryl methyl sites for hydroxylation is 1. The van der Waals surface area contributed by atoms with Gasteiger partial charge in [-0.1, -0.05) is 31.2 Å². The molecule has 0 heterocycles. The van der Waals surface area contributed by atoms with Gasteiger partial charge in [-0.3, -0.25) is 4.79 Å². The van der Waals surface area contributed by atoms with Crippen LogP contribution in [-0.4, -0.2) is 12.5 Å². The van der Waals surface area contributed by atoms with Crippen LogP contribution in [0.2, 0.25) is 0 Å². The number of primary amides is 1. The number of carbonyl (C=O) groups excluding carboxylic acids is 1. The van der Waals surface area contributed by atoms with Crippen LogP contribution in [0.4, 0.5) is 0 Å². The number of nitrogens with two attached hydrogens (primary N) is 1. The van der Waals surface area contributed by atoms with Crippen LogP contribution in [0, 0.1) is 6.92 Å². The van der Waals surface area contributed by atoms with Crippen LogP contribution in [0.25, 0.3) is 0 Å². The average Bonchev–Trinajstić information content (AvgIpc) is 2.18. The smallest absolute Gasteiger partial charge is 0.242 e. The highest BCUT2D eigenvalue weighted by Gasteiger charge is 2.32. The van der Waals surface area contributed by atoms with E-state index in [1.54, 1.807) is 0 Å². The molecule has 1 rings (SSSR count). The van der Waals surface area contributed by atoms with Gasteiger partial charge in [0.2, 0.25) is 5.91 Å². The van der Waals surface area contributed by atoms with Crippen LogP contribution >= 0.6 is 0 Å². The first-order valence-corrected chi connectivity index (χ1v) is 5.13. The maximum atomic E-state index is 11.5. The maximum absolute atomic E-state index is 11.5. The van der Waals surface area contributed by atoms with Gasteiger partial charge in [-0.05, 0) is 31.5 Å². The minimum Gasteiger partial charge on any atom is -0.368 e. The van der Waals surface area contributed by atoms with Gasteiger partial charge >= 0.3 is 0 Å². The first kappa shape index (κ1) is 11.7. The monoisotopic (exact) mass is 206 g/mol. The molecular weight excluding hydrogens is 188 g/mol. The van der Waals surface area contributed by atoms with Gasteiger partial charge in [0.15, 0.2) is 0 Å². The van der Waals surface area contributed by atoms with Gasteiger partial charge in [-0.15, -0.1) is 0 Å². The molecule has 1 amide bonds. The second-order valence-corrected chi connectivity index (χ2v) is 3.83. The van der Waals surface area contributed by atoms with Gasteiger partial charge in [0, 0.05) is 0 Å². The SMILES string of the molecule is CCNC(C)(C(N)=O)c1ccccc1C. The Hall–Kier alpha value is -1.35. The quantitative estimate of drug-likeness (QED) is 0.780. The number of rotatable bonds is 4. The summed E-state index contributed by atoms with van der Waals surface area (Å²) in [7, 11) is 0. The Labute approximate surface area is 90.7 Å². The van der Waals surface area contributed by atoms with Crippen molar-refractivity contribution < 1.29 is 4.79 Å². The van der Waals surface area contributed by atoms with E-state index in [4.69, 9.17) is 5.73 Å². The first-order valence-electron chi connectivity index (χ1n) is 5.13. The van der Waals surface area contributed by atoms with Crippen molar-refractivity contribution >= 4 is 5.91 Å². The summed E-state index contributed by atoms with van der Waals surface area (Å²) in [6.07, 6.45) is 0. The fourth-order valence-electron chi connectivity index (χ4n) is 1.80. The zero-order valence-electron chi connectivity index (χ0n) is 9.50. The third kappa shape index (κ3) is 2.18. The molecule has 0 saturated carbocycles. The van der Waals surface area contributed by atoms with E-state index in [1.165, 1.54) is 0 Å². The fraction of sp³-hybridized carbons (Fsp3) is 0.417. The Morgan fingerprint density at radius 1 is 1.47 bits per heavy atom. The lowest BCUT2D eigenvalue weighted by Crippen LogP contribution is -2.50. The third-order valence-corrected chi connectivity index (χ3v) is 2.71. The van der Waals surface area contributed by atoms with Gasteiger partial charge in [-0.2, -0.15) is 0 Å². The molecule has 3 heteroatoms. The van der Waals surface area contributed by atoms with E-state index in [0.717, 1.165) is 11.1 Å². The van der Waals surface area contributed by atoms with Crippen molar-refractivity contribution in [2.24, 2.45) is 5.73 Å². The number of hydrogen-bond donors (Lipinski definition) is 2. The van der Waals surface area contributed by atoms with Crippen molar-refractivity contribution in [2.45, 2.75) is 26.3 Å². The summed E-state index contributed by atoms with van der Waals surface area (Å²) in [6, 6.07) is 7.78. The number of benzene rings is 1. The number of carbonyl (C=O) groups is 1. The molecule has 0 aliphatic heterocycles. The van der Waals surface area contributed by atoms with Crippen molar-refractivity contribution in [2.75, 3.05) is 6.54 Å². The lowest BCUT2D eigenvalue weighted by Gasteiger charge is -2.29. The minimum atomic E-state index is -0.778. The Balaban J connectivity index is 3.21. The molecule has 1 aromatic rings. The van der Waals surface area contributed by atoms with E-state index in [0.29, 0.717) is 6.54 Å². The van der Waals surface area contributed by atoms with E-state index in [1.807, 2.05) is 45.0 Å². The van der Waals surface area contributed by atoms with Gasteiger partial charge in [0.25, 0.3) is 0 Å². The topological polar surface area (TPSA) is 55.1 Å². The second-order valence-electron chi connectivity index (χ2n) is 3.83. The highest BCUT2D eigenvalue weighted by atomic mass is 16.1. The van der Waals surface area contributed by atoms with Gasteiger partial charge in [0.1, 0.15) is 5.54 Å². The van der Waals surface area contributed by atoms with Gasteiger partial charge < -0.3 is 11.1 Å². The number of likely N-dealkylation sites (N-methyl/N-ethyl adjacent to an activating group) is 1. The lowest BCUT2D eigenvalue weighted by atomic mass is 9.88. The first-order chi connectivity index (χ1) is 7.02. The van der Waals surface area contributed by atoms with Crippen LogP contribution in [-0.2, 0) is 10.3 Å². The van der Waals surface area contributed by atoms with E-state index >= 15 is 0 Å². The lowest BCUT2D eigenvalue weighted by molar-refractivity contribution is -0.124. The molecule has 1 atom stereocenters. The molecule has 82 valence electrons. The number of amides is 1. The van der Waals surface area contributed by atoms with Crippen LogP contribution in [0.3, 0.4) is 0 Å². The molecule has 0 bridgehead atoms. The van der Waals surface area contributed by atoms with Gasteiger partial charge in [-0.25, -0.2) is 0 Å². The Morgan fingerprint density at radius 2 is 2.07 bits per heavy atom. The van der Waals surface area contributed by atoms with E-state index in [-0.39, 0.29) is 5.91 Å². The minimum absolute atomic E-state index is 0.348. The van der Waals surface area contributed by atoms with Crippen molar-refractivity contribution in [1.29, 1.82) is 0 Å². The van der Waals surface area contributed by atoms with E-state index in [9.17, 15) is 4.79 Å². The summed E-state index contributed by atoms with van der Waals surface area (Å²) in [4.78, 5) is 11.5. The molecule has 3 nitrogen and oxygen atoms in total. The van der Waals surface area contributed by atoms with Crippen molar-refractivity contribution in [1.82, 2.24) is 5.32 Å². The molecule has 0 fully saturated rings. The predicted molar refractivity (Wildman–Crippen MR) is 61.4 cm³/mol. The number of nitrogens with one attached hydrogen (secondary N) is 1. The van der Waals surface area contributed by atoms with Crippen molar-refractivity contribution in [3.63, 3.8) is 0 Å². The summed E-state index contributed by atoms with van der Waals surface area (Å²) < 4.78 is 0. The summed E-state index contributed by atoms with van der Waals surface area (Å²) in [6.45, 7) is 6.46. The Morgan fingerprint density at radius 3 is 2.53 bits per heavy atom. The molecule has 0 aromatic heterocycles. The largest absolute Gasteiger partial charge is 0.368 e. The normalized spacial score (nSPS) is 14.6. The van der Waals surface area contributed by atoms with Crippen molar-refractivity contribution in [3.8, 4) is 0 Å². The number of hydrogen-bond acceptors (Lipinski definition) is 2. The highest BCUT2D eigenvalue weighted by molar-refractivity contribution is 5.86. The molecule has 1 unspecified atom stereocenters. The molecule has 0 spiro atoms. The molecule has 3 N–H and O–H groups in total. The maximum Gasteiger partial charge on any atom is 0.242 e. The summed E-state index contributed by atoms with van der Waals surface area (Å²) in [5.41, 5.74) is 6.69. The van der Waals surface area contributed by atoms with Crippen LogP contribution in [0.15, 0.2) is 24.3 Å². The molecule has 0 saturated heterocycles. The molecule has 0 aliphatic rings. The molecule has 0 aliphatic carbocycles. The second kappa shape index (κ2) is 4.45. The van der Waals surface area contributed by atoms with Gasteiger partial charge in [0.05, 0.1) is 0 Å². The Kier molecular flexibility index (Phi) is 3.48.